The molecular formula is C15H23N3O2. The van der Waals surface area contributed by atoms with E-state index in [1.54, 1.807) is 6.07 Å². The van der Waals surface area contributed by atoms with Gasteiger partial charge < -0.3 is 15.4 Å². The average molecular weight is 277 g/mol. The molecule has 1 aliphatic heterocycles. The maximum Gasteiger partial charge on any atom is 0.248 e. The molecule has 1 fully saturated rings. The standard InChI is InChI=1S/C15H23N3O2/c1-17(2)10-14-11-18(6-7-20-14)9-12-4-3-5-13(8-12)15(16)19/h3-5,8,14H,6-7,9-11H2,1-2H3,(H2,16,19)/t14-/m1/s1. The Kier molecular flexibility index (Phi) is 5.11. The molecule has 5 nitrogen and oxygen atoms in total. The number of benzene rings is 1. The number of nitrogens with two attached hydrogens (primary N) is 1. The molecular weight excluding hydrogens is 254 g/mol. The van der Waals surface area contributed by atoms with Crippen LogP contribution in [0, 0.1) is 0 Å². The lowest BCUT2D eigenvalue weighted by atomic mass is 10.1. The molecule has 110 valence electrons. The number of ether oxygens (including phenoxy) is 1. The van der Waals surface area contributed by atoms with Crippen molar-refractivity contribution in [1.29, 1.82) is 0 Å². The molecule has 5 heteroatoms. The van der Waals surface area contributed by atoms with E-state index in [0.29, 0.717) is 5.56 Å². The van der Waals surface area contributed by atoms with Crippen molar-refractivity contribution in [3.05, 3.63) is 35.4 Å². The normalized spacial score (nSPS) is 20.2. The van der Waals surface area contributed by atoms with Gasteiger partial charge in [-0.2, -0.15) is 0 Å². The molecule has 0 bridgehead atoms. The third-order valence-electron chi connectivity index (χ3n) is 3.41. The quantitative estimate of drug-likeness (QED) is 0.854. The van der Waals surface area contributed by atoms with Gasteiger partial charge in [0.1, 0.15) is 0 Å². The summed E-state index contributed by atoms with van der Waals surface area (Å²) >= 11 is 0. The lowest BCUT2D eigenvalue weighted by molar-refractivity contribution is -0.0406. The van der Waals surface area contributed by atoms with Crippen LogP contribution in [-0.2, 0) is 11.3 Å². The van der Waals surface area contributed by atoms with Gasteiger partial charge >= 0.3 is 0 Å². The number of amides is 1. The zero-order valence-electron chi connectivity index (χ0n) is 12.2. The number of carbonyl (C=O) groups excluding carboxylic acids is 1. The molecule has 0 aliphatic carbocycles. The summed E-state index contributed by atoms with van der Waals surface area (Å²) in [5.74, 6) is -0.376. The van der Waals surface area contributed by atoms with Gasteiger partial charge in [-0.15, -0.1) is 0 Å². The zero-order valence-corrected chi connectivity index (χ0v) is 12.2. The van der Waals surface area contributed by atoms with E-state index in [0.717, 1.165) is 38.3 Å². The smallest absolute Gasteiger partial charge is 0.248 e. The van der Waals surface area contributed by atoms with Crippen molar-refractivity contribution in [3.63, 3.8) is 0 Å². The first-order valence-electron chi connectivity index (χ1n) is 6.92. The van der Waals surface area contributed by atoms with E-state index in [1.807, 2.05) is 18.2 Å². The van der Waals surface area contributed by atoms with Gasteiger partial charge in [0.05, 0.1) is 12.7 Å². The van der Waals surface area contributed by atoms with Crippen LogP contribution in [0.15, 0.2) is 24.3 Å². The minimum absolute atomic E-state index is 0.248. The van der Waals surface area contributed by atoms with Gasteiger partial charge in [0, 0.05) is 31.7 Å². The van der Waals surface area contributed by atoms with E-state index in [4.69, 9.17) is 10.5 Å². The first-order valence-corrected chi connectivity index (χ1v) is 6.92. The Bertz CT molecular complexity index is 462. The average Bonchev–Trinajstić information content (AvgIpc) is 2.38. The monoisotopic (exact) mass is 277 g/mol. The van der Waals surface area contributed by atoms with Crippen LogP contribution in [0.25, 0.3) is 0 Å². The highest BCUT2D eigenvalue weighted by Gasteiger charge is 2.21. The Morgan fingerprint density at radius 3 is 3.00 bits per heavy atom. The van der Waals surface area contributed by atoms with Crippen molar-refractivity contribution in [2.75, 3.05) is 40.3 Å². The number of nitrogens with zero attached hydrogens (tertiary/aromatic N) is 2. The van der Waals surface area contributed by atoms with Crippen LogP contribution in [0.4, 0.5) is 0 Å². The first kappa shape index (κ1) is 15.0. The number of carbonyl (C=O) groups is 1. The van der Waals surface area contributed by atoms with Crippen LogP contribution in [0.1, 0.15) is 15.9 Å². The van der Waals surface area contributed by atoms with Crippen molar-refractivity contribution >= 4 is 5.91 Å². The predicted molar refractivity (Wildman–Crippen MR) is 78.5 cm³/mol. The second-order valence-electron chi connectivity index (χ2n) is 5.55. The van der Waals surface area contributed by atoms with Crippen molar-refractivity contribution in [2.45, 2.75) is 12.6 Å². The zero-order chi connectivity index (χ0) is 14.5. The third kappa shape index (κ3) is 4.30. The summed E-state index contributed by atoms with van der Waals surface area (Å²) in [5, 5.41) is 0. The molecule has 1 aliphatic rings. The van der Waals surface area contributed by atoms with E-state index in [-0.39, 0.29) is 12.0 Å². The summed E-state index contributed by atoms with van der Waals surface area (Å²) < 4.78 is 5.76. The predicted octanol–water partition coefficient (Wildman–Crippen LogP) is 0.548. The van der Waals surface area contributed by atoms with Gasteiger partial charge in [-0.05, 0) is 31.8 Å². The van der Waals surface area contributed by atoms with Gasteiger partial charge in [0.25, 0.3) is 0 Å². The molecule has 1 amide bonds. The highest BCUT2D eigenvalue weighted by Crippen LogP contribution is 2.12. The Hall–Kier alpha value is -1.43. The number of rotatable bonds is 5. The molecule has 1 saturated heterocycles. The molecule has 0 saturated carbocycles. The number of morpholine rings is 1. The minimum Gasteiger partial charge on any atom is -0.374 e. The van der Waals surface area contributed by atoms with Gasteiger partial charge in [0.2, 0.25) is 5.91 Å². The highest BCUT2D eigenvalue weighted by molar-refractivity contribution is 5.92. The summed E-state index contributed by atoms with van der Waals surface area (Å²) in [6.07, 6.45) is 0.248. The SMILES string of the molecule is CN(C)C[C@@H]1CN(Cc2cccc(C(N)=O)c2)CCO1. The molecule has 1 aromatic rings. The molecule has 0 radical (unpaired) electrons. The molecule has 1 heterocycles. The molecule has 2 N–H and O–H groups in total. The molecule has 2 rings (SSSR count). The fourth-order valence-corrected chi connectivity index (χ4v) is 2.52. The van der Waals surface area contributed by atoms with E-state index in [1.165, 1.54) is 0 Å². The largest absolute Gasteiger partial charge is 0.374 e. The van der Waals surface area contributed by atoms with Crippen molar-refractivity contribution in [2.24, 2.45) is 5.73 Å². The maximum absolute atomic E-state index is 11.2. The number of hydrogen-bond donors (Lipinski definition) is 1. The molecule has 0 spiro atoms. The Labute approximate surface area is 120 Å². The van der Waals surface area contributed by atoms with Crippen molar-refractivity contribution < 1.29 is 9.53 Å². The van der Waals surface area contributed by atoms with Gasteiger partial charge in [0.15, 0.2) is 0 Å². The maximum atomic E-state index is 11.2. The van der Waals surface area contributed by atoms with Crippen LogP contribution in [0.2, 0.25) is 0 Å². The number of likely N-dealkylation sites (N-methyl/N-ethyl adjacent to an activating group) is 1. The fraction of sp³-hybridized carbons (Fsp3) is 0.533. The van der Waals surface area contributed by atoms with Gasteiger partial charge in [-0.3, -0.25) is 9.69 Å². The van der Waals surface area contributed by atoms with E-state index in [9.17, 15) is 4.79 Å². The number of primary amides is 1. The molecule has 1 atom stereocenters. The summed E-state index contributed by atoms with van der Waals surface area (Å²) in [7, 11) is 4.11. The summed E-state index contributed by atoms with van der Waals surface area (Å²) in [4.78, 5) is 15.7. The highest BCUT2D eigenvalue weighted by atomic mass is 16.5. The topological polar surface area (TPSA) is 58.8 Å². The summed E-state index contributed by atoms with van der Waals surface area (Å²) in [6, 6.07) is 7.54. The third-order valence-corrected chi connectivity index (χ3v) is 3.41. The fourth-order valence-electron chi connectivity index (χ4n) is 2.52. The second kappa shape index (κ2) is 6.83. The van der Waals surface area contributed by atoms with E-state index >= 15 is 0 Å². The van der Waals surface area contributed by atoms with Gasteiger partial charge in [-0.1, -0.05) is 12.1 Å². The molecule has 20 heavy (non-hydrogen) atoms. The van der Waals surface area contributed by atoms with Crippen LogP contribution >= 0.6 is 0 Å². The molecule has 0 aromatic heterocycles. The summed E-state index contributed by atoms with van der Waals surface area (Å²) in [6.45, 7) is 4.35. The van der Waals surface area contributed by atoms with Crippen molar-refractivity contribution in [1.82, 2.24) is 9.80 Å². The molecule has 1 aromatic carbocycles. The van der Waals surface area contributed by atoms with Crippen LogP contribution in [0.3, 0.4) is 0 Å². The van der Waals surface area contributed by atoms with Crippen molar-refractivity contribution in [3.8, 4) is 0 Å². The molecule has 0 unspecified atom stereocenters. The second-order valence-corrected chi connectivity index (χ2v) is 5.55. The van der Waals surface area contributed by atoms with E-state index in [2.05, 4.69) is 23.9 Å². The Balaban J connectivity index is 1.95. The van der Waals surface area contributed by atoms with Crippen LogP contribution < -0.4 is 5.73 Å². The van der Waals surface area contributed by atoms with Gasteiger partial charge in [-0.25, -0.2) is 0 Å². The van der Waals surface area contributed by atoms with E-state index < -0.39 is 0 Å². The summed E-state index contributed by atoms with van der Waals surface area (Å²) in [5.41, 5.74) is 7.00. The Morgan fingerprint density at radius 1 is 1.50 bits per heavy atom. The lowest BCUT2D eigenvalue weighted by Crippen LogP contribution is -2.45. The number of hydrogen-bond acceptors (Lipinski definition) is 4. The first-order chi connectivity index (χ1) is 9.54. The lowest BCUT2D eigenvalue weighted by Gasteiger charge is -2.34. The Morgan fingerprint density at radius 2 is 2.30 bits per heavy atom. The van der Waals surface area contributed by atoms with Crippen LogP contribution in [0.5, 0.6) is 0 Å². The minimum atomic E-state index is -0.376. The van der Waals surface area contributed by atoms with Crippen LogP contribution in [-0.4, -0.2) is 62.1 Å².